The summed E-state index contributed by atoms with van der Waals surface area (Å²) in [6.45, 7) is 3.60. The highest BCUT2D eigenvalue weighted by Crippen LogP contribution is 2.38. The third kappa shape index (κ3) is 42.7. The largest absolute Gasteiger partial charge is 0.756 e. The summed E-state index contributed by atoms with van der Waals surface area (Å²) in [7, 11) is 0.991. The first-order chi connectivity index (χ1) is 29.8. The zero-order chi connectivity index (χ0) is 46.0. The number of carbonyl (C=O) groups excluding carboxylic acids is 2. The third-order valence-corrected chi connectivity index (χ3v) is 9.31. The second-order valence-electron chi connectivity index (χ2n) is 15.3. The number of unbranched alkanes of at least 4 members (excludes halogenated alkanes) is 1. The summed E-state index contributed by atoms with van der Waals surface area (Å²) in [5, 5.41) is 20.0. The molecule has 0 aromatic heterocycles. The van der Waals surface area contributed by atoms with Crippen LogP contribution in [0.3, 0.4) is 0 Å². The second-order valence-corrected chi connectivity index (χ2v) is 16.8. The fraction of sp³-hybridized carbons (Fsp3) is 0.520. The summed E-state index contributed by atoms with van der Waals surface area (Å²) < 4.78 is 33.6. The van der Waals surface area contributed by atoms with Crippen LogP contribution in [0.25, 0.3) is 0 Å². The fourth-order valence-corrected chi connectivity index (χ4v) is 5.62. The number of allylic oxidation sites excluding steroid dienone is 18. The van der Waals surface area contributed by atoms with Crippen LogP contribution in [0.1, 0.15) is 104 Å². The van der Waals surface area contributed by atoms with E-state index in [1.165, 1.54) is 0 Å². The number of phosphoric ester groups is 1. The minimum Gasteiger partial charge on any atom is -0.756 e. The van der Waals surface area contributed by atoms with Gasteiger partial charge in [-0.3, -0.25) is 14.2 Å². The number of rotatable bonds is 37. The van der Waals surface area contributed by atoms with Gasteiger partial charge in [0.25, 0.3) is 7.82 Å². The van der Waals surface area contributed by atoms with Crippen LogP contribution in [0.4, 0.5) is 0 Å². The number of likely N-dealkylation sites (N-methyl/N-ethyl adjacent to an activating group) is 1. The van der Waals surface area contributed by atoms with Crippen molar-refractivity contribution in [1.29, 1.82) is 0 Å². The SMILES string of the molecule is CC/C=C\C/C=C\C/C=C\C/C=C\C/C=C\CCCC(=O)OC[C@H](COP(=O)([O-])OCC[N+](C)(C)C)OC(=O)CC/C=C\C/C=C\C[C@@H](O)/C=C/C=C\C=C\[C@@H](O)C/C=C\CC. The summed E-state index contributed by atoms with van der Waals surface area (Å²) in [5.41, 5.74) is 0. The van der Waals surface area contributed by atoms with Gasteiger partial charge in [-0.15, -0.1) is 0 Å². The summed E-state index contributed by atoms with van der Waals surface area (Å²) in [4.78, 5) is 37.5. The lowest BCUT2D eigenvalue weighted by Crippen LogP contribution is -2.37. The molecule has 12 heteroatoms. The van der Waals surface area contributed by atoms with Gasteiger partial charge in [0, 0.05) is 12.8 Å². The van der Waals surface area contributed by atoms with Gasteiger partial charge in [-0.05, 0) is 77.0 Å². The lowest BCUT2D eigenvalue weighted by atomic mass is 10.2. The average molecular weight is 884 g/mol. The molecule has 0 bridgehead atoms. The standard InChI is InChI=1S/C50H78NO10P/c1-6-8-10-11-12-13-14-15-16-17-18-19-20-21-22-26-34-40-49(54)58-44-48(45-60-62(56,57)59-43-42-51(3,4)5)61-50(55)41-35-27-24-23-25-31-37-47(53)39-33-29-28-32-38-46(52)36-30-9-7-2/h8-10,12-13,15-16,18-19,21-22,24-25,27-33,38-39,46-48,52-53H,6-7,11,14,17,20,23,26,34-37,40-45H2,1-5H3/b10-8-,13-12-,16-15-,19-18-,22-21-,27-24-,29-28-,30-9-,31-25-,38-32+,39-33+/t46-,47+,48+/m0/s1. The number of esters is 2. The van der Waals surface area contributed by atoms with Gasteiger partial charge in [-0.2, -0.15) is 0 Å². The van der Waals surface area contributed by atoms with E-state index in [2.05, 4.69) is 61.6 Å². The average Bonchev–Trinajstić information content (AvgIpc) is 3.21. The third-order valence-electron chi connectivity index (χ3n) is 8.35. The molecule has 0 spiro atoms. The first-order valence-corrected chi connectivity index (χ1v) is 23.6. The van der Waals surface area contributed by atoms with Crippen molar-refractivity contribution < 1.29 is 52.3 Å². The van der Waals surface area contributed by atoms with Crippen LogP contribution in [0.15, 0.2) is 134 Å². The van der Waals surface area contributed by atoms with E-state index in [4.69, 9.17) is 18.5 Å². The van der Waals surface area contributed by atoms with Gasteiger partial charge >= 0.3 is 11.9 Å². The molecule has 0 aliphatic rings. The number of aliphatic hydroxyl groups excluding tert-OH is 2. The minimum atomic E-state index is -4.70. The van der Waals surface area contributed by atoms with E-state index in [0.29, 0.717) is 49.6 Å². The molecule has 348 valence electrons. The highest BCUT2D eigenvalue weighted by Gasteiger charge is 2.21. The zero-order valence-corrected chi connectivity index (χ0v) is 39.1. The number of nitrogens with zero attached hydrogens (tertiary/aromatic N) is 1. The lowest BCUT2D eigenvalue weighted by Gasteiger charge is -2.28. The Morgan fingerprint density at radius 1 is 0.597 bits per heavy atom. The van der Waals surface area contributed by atoms with E-state index in [0.717, 1.165) is 38.5 Å². The number of ether oxygens (including phenoxy) is 2. The van der Waals surface area contributed by atoms with Gasteiger partial charge in [-0.1, -0.05) is 148 Å². The zero-order valence-electron chi connectivity index (χ0n) is 38.2. The Morgan fingerprint density at radius 2 is 1.06 bits per heavy atom. The van der Waals surface area contributed by atoms with E-state index in [1.807, 2.05) is 70.6 Å². The van der Waals surface area contributed by atoms with Crippen LogP contribution in [0.5, 0.6) is 0 Å². The van der Waals surface area contributed by atoms with E-state index in [-0.39, 0.29) is 26.1 Å². The fourth-order valence-electron chi connectivity index (χ4n) is 4.89. The number of quaternary nitrogens is 1. The molecule has 1 unspecified atom stereocenters. The number of hydrogen-bond donors (Lipinski definition) is 2. The maximum absolute atomic E-state index is 12.7. The smallest absolute Gasteiger partial charge is 0.306 e. The Labute approximate surface area is 374 Å². The molecule has 2 N–H and O–H groups in total. The Bertz CT molecular complexity index is 1540. The Hall–Kier alpha value is -3.93. The molecule has 0 amide bonds. The van der Waals surface area contributed by atoms with Crippen molar-refractivity contribution in [3.05, 3.63) is 134 Å². The van der Waals surface area contributed by atoms with Crippen molar-refractivity contribution in [2.45, 2.75) is 122 Å². The molecule has 11 nitrogen and oxygen atoms in total. The van der Waals surface area contributed by atoms with E-state index in [9.17, 15) is 29.3 Å². The van der Waals surface area contributed by atoms with E-state index in [1.54, 1.807) is 36.5 Å². The van der Waals surface area contributed by atoms with Crippen molar-refractivity contribution in [2.24, 2.45) is 0 Å². The van der Waals surface area contributed by atoms with E-state index < -0.39 is 44.7 Å². The highest BCUT2D eigenvalue weighted by molar-refractivity contribution is 7.45. The highest BCUT2D eigenvalue weighted by atomic mass is 31.2. The van der Waals surface area contributed by atoms with Crippen LogP contribution in [0, 0.1) is 0 Å². The molecule has 0 aromatic rings. The number of hydrogen-bond acceptors (Lipinski definition) is 10. The molecule has 0 saturated heterocycles. The molecule has 0 aliphatic carbocycles. The minimum absolute atomic E-state index is 0.0219. The monoisotopic (exact) mass is 884 g/mol. The summed E-state index contributed by atoms with van der Waals surface area (Å²) in [6, 6.07) is 0. The van der Waals surface area contributed by atoms with Crippen molar-refractivity contribution >= 4 is 19.8 Å². The van der Waals surface area contributed by atoms with Crippen molar-refractivity contribution in [2.75, 3.05) is 47.5 Å². The number of carbonyl (C=O) groups is 2. The quantitative estimate of drug-likeness (QED) is 0.0154. The molecule has 0 aromatic carbocycles. The molecule has 4 atom stereocenters. The van der Waals surface area contributed by atoms with Crippen molar-refractivity contribution in [3.63, 3.8) is 0 Å². The summed E-state index contributed by atoms with van der Waals surface area (Å²) >= 11 is 0. The van der Waals surface area contributed by atoms with Gasteiger partial charge in [-0.25, -0.2) is 0 Å². The maximum Gasteiger partial charge on any atom is 0.306 e. The Kier molecular flexibility index (Phi) is 37.4. The molecule has 62 heavy (non-hydrogen) atoms. The van der Waals surface area contributed by atoms with Gasteiger partial charge in [0.15, 0.2) is 6.10 Å². The van der Waals surface area contributed by atoms with Crippen LogP contribution in [-0.4, -0.2) is 92.5 Å². The Balaban J connectivity index is 4.72. The topological polar surface area (TPSA) is 152 Å². The van der Waals surface area contributed by atoms with E-state index >= 15 is 0 Å². The van der Waals surface area contributed by atoms with Gasteiger partial charge in [0.1, 0.15) is 19.8 Å². The van der Waals surface area contributed by atoms with Crippen molar-refractivity contribution in [1.82, 2.24) is 0 Å². The summed E-state index contributed by atoms with van der Waals surface area (Å²) in [6.07, 6.45) is 50.0. The predicted octanol–water partition coefficient (Wildman–Crippen LogP) is 9.99. The molecule has 0 aliphatic heterocycles. The number of phosphoric acid groups is 1. The molecule has 0 rings (SSSR count). The molecular formula is C50H78NO10P. The van der Waals surface area contributed by atoms with Gasteiger partial charge < -0.3 is 38.1 Å². The van der Waals surface area contributed by atoms with Crippen LogP contribution in [0.2, 0.25) is 0 Å². The molecule has 0 fully saturated rings. The number of aliphatic hydroxyl groups is 2. The molecule has 0 heterocycles. The van der Waals surface area contributed by atoms with Gasteiger partial charge in [0.2, 0.25) is 0 Å². The van der Waals surface area contributed by atoms with Gasteiger partial charge in [0.05, 0.1) is 40.0 Å². The maximum atomic E-state index is 12.7. The second kappa shape index (κ2) is 39.9. The predicted molar refractivity (Wildman–Crippen MR) is 252 cm³/mol. The van der Waals surface area contributed by atoms with Crippen LogP contribution in [-0.2, 0) is 32.7 Å². The molecular weight excluding hydrogens is 806 g/mol. The Morgan fingerprint density at radius 3 is 1.60 bits per heavy atom. The molecule has 0 radical (unpaired) electrons. The molecule has 0 saturated carbocycles. The van der Waals surface area contributed by atoms with Crippen LogP contribution < -0.4 is 4.89 Å². The van der Waals surface area contributed by atoms with Crippen molar-refractivity contribution in [3.8, 4) is 0 Å². The lowest BCUT2D eigenvalue weighted by molar-refractivity contribution is -0.870. The van der Waals surface area contributed by atoms with Crippen LogP contribution >= 0.6 is 7.82 Å². The first-order valence-electron chi connectivity index (χ1n) is 22.1. The first kappa shape index (κ1) is 58.1. The summed E-state index contributed by atoms with van der Waals surface area (Å²) in [5.74, 6) is -1.09. The normalized spacial score (nSPS) is 15.8.